The Kier molecular flexibility index (Phi) is 183. The summed E-state index contributed by atoms with van der Waals surface area (Å²) in [4.78, 5) is 0. The van der Waals surface area contributed by atoms with E-state index < -0.39 is 0 Å². The van der Waals surface area contributed by atoms with Crippen molar-refractivity contribution in [3.8, 4) is 0 Å². The zero-order chi connectivity index (χ0) is 8.12. The van der Waals surface area contributed by atoms with Crippen LogP contribution in [0.2, 0.25) is 0 Å². The van der Waals surface area contributed by atoms with Gasteiger partial charge in [-0.1, -0.05) is 0 Å². The normalized spacial score (nSPS) is 4.91. The predicted octanol–water partition coefficient (Wildman–Crippen LogP) is -3.00. The van der Waals surface area contributed by atoms with Crippen LogP contribution in [0.15, 0.2) is 0 Å². The van der Waals surface area contributed by atoms with E-state index in [-0.39, 0.29) is 58.4 Å². The maximum atomic E-state index is 7.57. The van der Waals surface area contributed by atoms with E-state index in [0.29, 0.717) is 0 Å². The first-order chi connectivity index (χ1) is 4.24. The van der Waals surface area contributed by atoms with Crippen LogP contribution in [0.5, 0.6) is 0 Å². The average Bonchev–Trinajstić information content (AvgIpc) is 1.70. The van der Waals surface area contributed by atoms with Gasteiger partial charge in [0.15, 0.2) is 0 Å². The minimum absolute atomic E-state index is 0. The molecule has 0 radical (unpaired) electrons. The minimum Gasteiger partial charge on any atom is -1.00 e. The summed E-state index contributed by atoms with van der Waals surface area (Å²) in [7, 11) is 0. The van der Waals surface area contributed by atoms with Gasteiger partial charge in [-0.05, 0) is 20.8 Å². The van der Waals surface area contributed by atoms with Gasteiger partial charge in [-0.3, -0.25) is 0 Å². The Morgan fingerprint density at radius 2 is 0.727 bits per heavy atom. The smallest absolute Gasteiger partial charge is 0.0402 e. The molecule has 3 nitrogen and oxygen atoms in total. The first kappa shape index (κ1) is 29.6. The predicted molar refractivity (Wildman–Crippen MR) is 38.3 cm³/mol. The van der Waals surface area contributed by atoms with Gasteiger partial charge in [-0.15, -0.1) is 0 Å². The van der Waals surface area contributed by atoms with Crippen molar-refractivity contribution < 1.29 is 53.9 Å². The summed E-state index contributed by atoms with van der Waals surface area (Å²) in [5, 5.41) is 22.7. The van der Waals surface area contributed by atoms with Gasteiger partial charge >= 0.3 is 0 Å². The van der Waals surface area contributed by atoms with E-state index in [1.54, 1.807) is 20.8 Å². The van der Waals surface area contributed by atoms with Crippen LogP contribution in [0.25, 0.3) is 0 Å². The van der Waals surface area contributed by atoms with E-state index in [4.69, 9.17) is 15.3 Å². The second kappa shape index (κ2) is 68.0. The molecule has 0 aliphatic rings. The van der Waals surface area contributed by atoms with Gasteiger partial charge in [0.1, 0.15) is 0 Å². The Hall–Kier alpha value is 1.05. The van der Waals surface area contributed by atoms with Gasteiger partial charge in [-0.2, -0.15) is 0 Å². The summed E-state index contributed by atoms with van der Waals surface area (Å²) in [6.07, 6.45) is 0. The molecule has 0 spiro atoms. The maximum Gasteiger partial charge on any atom is 0.0402 e. The molecule has 0 amide bonds. The molecule has 0 unspecified atom stereocenters. The molecule has 0 rings (SSSR count). The van der Waals surface area contributed by atoms with E-state index in [1.165, 1.54) is 0 Å². The average molecular weight is 265 g/mol. The quantitative estimate of drug-likeness (QED) is 0.437. The molecule has 0 heterocycles. The van der Waals surface area contributed by atoms with Crippen molar-refractivity contribution in [2.24, 2.45) is 0 Å². The molecule has 3 N–H and O–H groups in total. The second-order valence-electron chi connectivity index (χ2n) is 0.949. The first-order valence-corrected chi connectivity index (χ1v) is 3.07. The van der Waals surface area contributed by atoms with Crippen LogP contribution >= 0.6 is 0 Å². The molecule has 0 aliphatic heterocycles. The number of rotatable bonds is 0. The van der Waals surface area contributed by atoms with Crippen LogP contribution in [0.1, 0.15) is 20.8 Å². The van der Waals surface area contributed by atoms with Crippen molar-refractivity contribution in [3.63, 3.8) is 0 Å². The molecule has 11 heavy (non-hydrogen) atoms. The summed E-state index contributed by atoms with van der Waals surface area (Å²) in [6, 6.07) is 0. The molecule has 0 saturated carbocycles. The Balaban J connectivity index is -0.0000000150. The molecule has 0 fully saturated rings. The topological polar surface area (TPSA) is 60.7 Å². The van der Waals surface area contributed by atoms with Crippen molar-refractivity contribution in [1.29, 1.82) is 0 Å². The van der Waals surface area contributed by atoms with Crippen LogP contribution in [-0.2, 0) is 26.2 Å². The van der Waals surface area contributed by atoms with Crippen LogP contribution in [0.3, 0.4) is 0 Å². The monoisotopic (exact) mass is 263 g/mol. The van der Waals surface area contributed by atoms with E-state index in [9.17, 15) is 0 Å². The summed E-state index contributed by atoms with van der Waals surface area (Å²) in [5.74, 6) is 0. The molecule has 72 valence electrons. The second-order valence-corrected chi connectivity index (χ2v) is 0.949. The Morgan fingerprint density at radius 1 is 0.727 bits per heavy atom. The molecule has 0 aromatic carbocycles. The number of aliphatic hydroxyl groups excluding tert-OH is 3. The zero-order valence-corrected chi connectivity index (χ0v) is 10.6. The molecular formula is C6H18ClO3Zr-. The Morgan fingerprint density at radius 3 is 0.727 bits per heavy atom. The van der Waals surface area contributed by atoms with Gasteiger partial charge < -0.3 is 27.7 Å². The third-order valence-corrected chi connectivity index (χ3v) is 0. The third kappa shape index (κ3) is 817. The minimum atomic E-state index is 0. The molecule has 0 saturated heterocycles. The van der Waals surface area contributed by atoms with Gasteiger partial charge in [0.2, 0.25) is 0 Å². The Bertz CT molecular complexity index is 22.5. The van der Waals surface area contributed by atoms with Crippen molar-refractivity contribution >= 4 is 0 Å². The fourth-order valence-electron chi connectivity index (χ4n) is 0. The molecule has 0 aromatic heterocycles. The fourth-order valence-corrected chi connectivity index (χ4v) is 0. The standard InChI is InChI=1S/3C2H6O.ClH.Zr/c3*1-2-3;;/h3*3H,2H2,1H3;1H;/p-1. The van der Waals surface area contributed by atoms with E-state index in [1.807, 2.05) is 0 Å². The molecular weight excluding hydrogens is 247 g/mol. The van der Waals surface area contributed by atoms with Crippen LogP contribution in [-0.4, -0.2) is 35.1 Å². The number of aliphatic hydroxyl groups is 3. The van der Waals surface area contributed by atoms with Gasteiger partial charge in [0.25, 0.3) is 0 Å². The van der Waals surface area contributed by atoms with Crippen LogP contribution in [0.4, 0.5) is 0 Å². The largest absolute Gasteiger partial charge is 1.00 e. The molecule has 0 aromatic rings. The van der Waals surface area contributed by atoms with E-state index in [2.05, 4.69) is 0 Å². The SMILES string of the molecule is CCO.CCO.CCO.[Cl-].[Zr]. The summed E-state index contributed by atoms with van der Waals surface area (Å²) in [6.45, 7) is 5.79. The summed E-state index contributed by atoms with van der Waals surface area (Å²) < 4.78 is 0. The van der Waals surface area contributed by atoms with Crippen LogP contribution < -0.4 is 12.4 Å². The van der Waals surface area contributed by atoms with Crippen molar-refractivity contribution in [2.45, 2.75) is 20.8 Å². The van der Waals surface area contributed by atoms with Crippen molar-refractivity contribution in [2.75, 3.05) is 19.8 Å². The number of hydrogen-bond donors (Lipinski definition) is 3. The fraction of sp³-hybridized carbons (Fsp3) is 1.00. The van der Waals surface area contributed by atoms with E-state index >= 15 is 0 Å². The maximum absolute atomic E-state index is 7.57. The molecule has 5 heteroatoms. The third-order valence-electron chi connectivity index (χ3n) is 0. The van der Waals surface area contributed by atoms with Crippen LogP contribution in [0, 0.1) is 0 Å². The van der Waals surface area contributed by atoms with E-state index in [0.717, 1.165) is 0 Å². The summed E-state index contributed by atoms with van der Waals surface area (Å²) >= 11 is 0. The molecule has 0 atom stereocenters. The van der Waals surface area contributed by atoms with Gasteiger partial charge in [-0.25, -0.2) is 0 Å². The van der Waals surface area contributed by atoms with Crippen molar-refractivity contribution in [3.05, 3.63) is 0 Å². The van der Waals surface area contributed by atoms with Gasteiger partial charge in [0.05, 0.1) is 0 Å². The molecule has 0 aliphatic carbocycles. The molecule has 0 bridgehead atoms. The zero-order valence-electron chi connectivity index (χ0n) is 7.34. The van der Waals surface area contributed by atoms with Crippen molar-refractivity contribution in [1.82, 2.24) is 0 Å². The Labute approximate surface area is 94.4 Å². The summed E-state index contributed by atoms with van der Waals surface area (Å²) in [5.41, 5.74) is 0. The number of halogens is 1. The first-order valence-electron chi connectivity index (χ1n) is 3.07. The van der Waals surface area contributed by atoms with Gasteiger partial charge in [0, 0.05) is 46.0 Å². The number of hydrogen-bond acceptors (Lipinski definition) is 3.